The maximum absolute atomic E-state index is 12.9. The number of aromatic amines is 1. The summed E-state index contributed by atoms with van der Waals surface area (Å²) in [5.41, 5.74) is 9.51. The molecular weight excluding hydrogens is 1210 g/mol. The third-order valence-electron chi connectivity index (χ3n) is 19.0. The van der Waals surface area contributed by atoms with Gasteiger partial charge in [-0.2, -0.15) is 0 Å². The van der Waals surface area contributed by atoms with Crippen LogP contribution < -0.4 is 21.3 Å². The van der Waals surface area contributed by atoms with E-state index in [9.17, 15) is 38.4 Å². The zero-order chi connectivity index (χ0) is 68.4. The molecule has 490 valence electrons. The molecule has 4 heterocycles. The Labute approximate surface area is 563 Å². The Morgan fingerprint density at radius 1 is 0.454 bits per heavy atom. The van der Waals surface area contributed by atoms with Crippen molar-refractivity contribution in [3.63, 3.8) is 0 Å². The van der Waals surface area contributed by atoms with Gasteiger partial charge in [0.05, 0.1) is 28.3 Å². The summed E-state index contributed by atoms with van der Waals surface area (Å²) >= 11 is 0. The lowest BCUT2D eigenvalue weighted by Crippen LogP contribution is -2.53. The van der Waals surface area contributed by atoms with Gasteiger partial charge in [0.1, 0.15) is 0 Å². The number of carbonyl (C=O) groups excluding carboxylic acids is 8. The van der Waals surface area contributed by atoms with Crippen molar-refractivity contribution in [3.8, 4) is 0 Å². The topological polar surface area (TPSA) is 215 Å². The van der Waals surface area contributed by atoms with Crippen molar-refractivity contribution in [2.75, 3.05) is 6.54 Å². The molecule has 3 atom stereocenters. The zero-order valence-corrected chi connectivity index (χ0v) is 55.2. The smallest absolute Gasteiger partial charge is 0.293 e. The van der Waals surface area contributed by atoms with Gasteiger partial charge in [-0.05, 0) is 89.0 Å². The minimum Gasteiger partial charge on any atom is -0.360 e. The highest BCUT2D eigenvalue weighted by Gasteiger charge is 2.60. The number of para-hydroxylation sites is 4. The summed E-state index contributed by atoms with van der Waals surface area (Å²) in [5, 5.41) is 14.6. The molecule has 3 unspecified atom stereocenters. The van der Waals surface area contributed by atoms with E-state index < -0.39 is 52.8 Å². The van der Waals surface area contributed by atoms with Gasteiger partial charge in [-0.1, -0.05) is 215 Å². The molecule has 0 spiro atoms. The van der Waals surface area contributed by atoms with Crippen LogP contribution in [0.4, 0.5) is 0 Å². The highest BCUT2D eigenvalue weighted by Crippen LogP contribution is 2.62. The molecule has 2 bridgehead atoms. The van der Waals surface area contributed by atoms with Gasteiger partial charge >= 0.3 is 0 Å². The van der Waals surface area contributed by atoms with Crippen molar-refractivity contribution in [2.45, 2.75) is 65.1 Å². The van der Waals surface area contributed by atoms with E-state index in [2.05, 4.69) is 47.0 Å². The van der Waals surface area contributed by atoms with Crippen LogP contribution in [0.1, 0.15) is 110 Å². The number of carbonyl (C=O) groups is 8. The molecule has 14 rings (SSSR count). The highest BCUT2D eigenvalue weighted by atomic mass is 16.2. The molecule has 4 aromatic heterocycles. The number of rotatable bonds is 17. The Morgan fingerprint density at radius 3 is 1.33 bits per heavy atom. The van der Waals surface area contributed by atoms with Crippen molar-refractivity contribution < 1.29 is 38.4 Å². The first-order valence-electron chi connectivity index (χ1n) is 32.5. The van der Waals surface area contributed by atoms with E-state index in [-0.39, 0.29) is 16.9 Å². The predicted molar refractivity (Wildman–Crippen MR) is 380 cm³/mol. The number of amides is 4. The number of nitrogens with one attached hydrogen (secondary N) is 5. The van der Waals surface area contributed by atoms with E-state index >= 15 is 0 Å². The average molecular weight is 1290 g/mol. The number of hydrogen-bond donors (Lipinski definition) is 5. The van der Waals surface area contributed by atoms with Gasteiger partial charge in [0.15, 0.2) is 0 Å². The van der Waals surface area contributed by atoms with Crippen LogP contribution in [0, 0.1) is 16.7 Å². The van der Waals surface area contributed by atoms with Gasteiger partial charge in [0.25, 0.3) is 46.8 Å². The Morgan fingerprint density at radius 2 is 0.856 bits per heavy atom. The number of ketones is 4. The van der Waals surface area contributed by atoms with Crippen LogP contribution in [0.5, 0.6) is 0 Å². The van der Waals surface area contributed by atoms with Gasteiger partial charge in [-0.25, -0.2) is 0 Å². The summed E-state index contributed by atoms with van der Waals surface area (Å²) < 4.78 is 5.58. The molecule has 12 aromatic rings. The number of hydrogen-bond acceptors (Lipinski definition) is 8. The minimum atomic E-state index is -0.617. The van der Waals surface area contributed by atoms with Crippen LogP contribution in [-0.2, 0) is 53.3 Å². The van der Waals surface area contributed by atoms with Crippen molar-refractivity contribution in [1.29, 1.82) is 0 Å². The fraction of sp³-hybridized carbons (Fsp3) is 0.210. The van der Waals surface area contributed by atoms with Crippen LogP contribution in [0.25, 0.3) is 43.6 Å². The SMILES string of the molecule is CC12CCC(C1)C(C)(C)C2NC(=O)C(=O)c1c[nH]c2ccccc12.Cn1cc(C(=O)C(=O)NC(c2ccccc2)c2ccccc2)c2ccccc21.Cn1cc(C(=O)C(=O)NCCc2ccccc2)c2ccccc21.Cn1cc(C(=O)C(=O)NCc2ccccc2)c2ccccc21. The largest absolute Gasteiger partial charge is 0.360 e. The molecule has 2 fully saturated rings. The predicted octanol–water partition coefficient (Wildman–Crippen LogP) is 13.3. The van der Waals surface area contributed by atoms with Gasteiger partial charge in [0.2, 0.25) is 0 Å². The fourth-order valence-electron chi connectivity index (χ4n) is 13.9. The molecule has 4 amide bonds. The third-order valence-corrected chi connectivity index (χ3v) is 19.0. The number of benzene rings is 8. The first-order chi connectivity index (χ1) is 46.8. The molecule has 0 radical (unpaired) electrons. The summed E-state index contributed by atoms with van der Waals surface area (Å²) in [4.78, 5) is 103. The number of nitrogens with zero attached hydrogens (tertiary/aromatic N) is 3. The van der Waals surface area contributed by atoms with Gasteiger partial charge in [-0.3, -0.25) is 38.4 Å². The van der Waals surface area contributed by atoms with Crippen molar-refractivity contribution in [2.24, 2.45) is 37.9 Å². The zero-order valence-electron chi connectivity index (χ0n) is 55.2. The molecular formula is C81H78N8O8. The number of H-pyrrole nitrogens is 1. The van der Waals surface area contributed by atoms with Crippen LogP contribution in [0.2, 0.25) is 0 Å². The van der Waals surface area contributed by atoms with E-state index in [0.29, 0.717) is 47.7 Å². The second-order valence-electron chi connectivity index (χ2n) is 25.8. The van der Waals surface area contributed by atoms with Gasteiger partial charge < -0.3 is 40.0 Å². The summed E-state index contributed by atoms with van der Waals surface area (Å²) in [5.74, 6) is -3.58. The molecule has 0 saturated heterocycles. The molecule has 8 aromatic carbocycles. The first kappa shape index (κ1) is 66.9. The molecule has 2 aliphatic carbocycles. The lowest BCUT2D eigenvalue weighted by Gasteiger charge is -2.42. The van der Waals surface area contributed by atoms with E-state index in [1.165, 1.54) is 6.42 Å². The molecule has 2 aliphatic rings. The second-order valence-corrected chi connectivity index (χ2v) is 25.8. The van der Waals surface area contributed by atoms with E-state index in [0.717, 1.165) is 78.7 Å². The van der Waals surface area contributed by atoms with Gasteiger partial charge in [-0.15, -0.1) is 0 Å². The van der Waals surface area contributed by atoms with Crippen LogP contribution >= 0.6 is 0 Å². The summed E-state index contributed by atoms with van der Waals surface area (Å²) in [6.07, 6.45) is 11.0. The Balaban J connectivity index is 0.000000132. The lowest BCUT2D eigenvalue weighted by atomic mass is 9.68. The minimum absolute atomic E-state index is 0.0448. The monoisotopic (exact) mass is 1290 g/mol. The van der Waals surface area contributed by atoms with Crippen LogP contribution in [0.15, 0.2) is 243 Å². The van der Waals surface area contributed by atoms with E-state index in [1.807, 2.05) is 253 Å². The van der Waals surface area contributed by atoms with Crippen LogP contribution in [0.3, 0.4) is 0 Å². The number of aromatic nitrogens is 4. The molecule has 97 heavy (non-hydrogen) atoms. The fourth-order valence-corrected chi connectivity index (χ4v) is 13.9. The van der Waals surface area contributed by atoms with Crippen molar-refractivity contribution >= 4 is 90.4 Å². The quantitative estimate of drug-likeness (QED) is 0.0436. The van der Waals surface area contributed by atoms with Crippen molar-refractivity contribution in [3.05, 3.63) is 288 Å². The summed E-state index contributed by atoms with van der Waals surface area (Å²) in [7, 11) is 5.60. The molecule has 5 N–H and O–H groups in total. The van der Waals surface area contributed by atoms with E-state index in [1.54, 1.807) is 24.8 Å². The van der Waals surface area contributed by atoms with Gasteiger partial charge in [0, 0.05) is 109 Å². The van der Waals surface area contributed by atoms with Crippen molar-refractivity contribution in [1.82, 2.24) is 40.0 Å². The lowest BCUT2D eigenvalue weighted by molar-refractivity contribution is -0.119. The second kappa shape index (κ2) is 29.4. The first-order valence-corrected chi connectivity index (χ1v) is 32.5. The normalized spacial score (nSPS) is 15.7. The maximum Gasteiger partial charge on any atom is 0.293 e. The number of fused-ring (bicyclic) bond motifs is 6. The Bertz CT molecular complexity index is 4830. The molecule has 16 nitrogen and oxygen atoms in total. The maximum atomic E-state index is 12.9. The summed E-state index contributed by atoms with van der Waals surface area (Å²) in [6, 6.07) is 68.6. The number of Topliss-reactive ketones (excluding diaryl/α,β-unsaturated/α-hetero) is 4. The average Bonchev–Trinajstić information content (AvgIpc) is 1.57. The number of aryl methyl sites for hydroxylation is 3. The Kier molecular flexibility index (Phi) is 20.3. The van der Waals surface area contributed by atoms with E-state index in [4.69, 9.17) is 0 Å². The van der Waals surface area contributed by atoms with Crippen LogP contribution in [-0.4, -0.2) is 78.0 Å². The molecule has 16 heteroatoms. The standard InChI is InChI=1S/C24H20N2O2.C20H24N2O2.C19H18N2O2.C18H16N2O2/c1-26-16-20(19-14-8-9-15-21(19)26)23(27)24(28)25-22(17-10-4-2-5-11-17)18-12-6-3-7-13-18;1-19(2)12-8-9-20(3,10-12)18(19)22-17(24)16(23)14-11-21-15-7-5-4-6-13(14)15;1-21-13-16(15-9-5-6-10-17(15)21)18(22)19(23)20-12-11-14-7-3-2-4-8-14;1-20-12-15(14-9-5-6-10-16(14)20)17(21)18(22)19-11-13-7-3-2-4-8-13/h2-16,22H,1H3,(H,25,28);4-7,11-12,18,21H,8-10H2,1-3H3,(H,22,24);2-10,13H,11-12H2,1H3,(H,20,23);2-10,12H,11H2,1H3,(H,19,22). The molecule has 2 saturated carbocycles. The third kappa shape index (κ3) is 14.7. The molecule has 0 aliphatic heterocycles. The summed E-state index contributed by atoms with van der Waals surface area (Å²) in [6.45, 7) is 7.49. The Hall–Kier alpha value is -11.5. The highest BCUT2D eigenvalue weighted by molar-refractivity contribution is 6.47.